The van der Waals surface area contributed by atoms with Crippen LogP contribution in [0.25, 0.3) is 0 Å². The van der Waals surface area contributed by atoms with Crippen molar-refractivity contribution in [2.24, 2.45) is 5.73 Å². The summed E-state index contributed by atoms with van der Waals surface area (Å²) >= 11 is 0. The van der Waals surface area contributed by atoms with E-state index in [9.17, 15) is 0 Å². The third-order valence-electron chi connectivity index (χ3n) is 4.58. The Kier molecular flexibility index (Phi) is 4.32. The number of ether oxygens (including phenoxy) is 2. The molecule has 2 atom stereocenters. The molecule has 0 amide bonds. The molecule has 0 aromatic carbocycles. The van der Waals surface area contributed by atoms with Crippen LogP contribution >= 0.6 is 0 Å². The first-order valence-corrected chi connectivity index (χ1v) is 7.21. The molecule has 0 aromatic heterocycles. The second-order valence-electron chi connectivity index (χ2n) is 6.30. The second-order valence-corrected chi connectivity index (χ2v) is 6.30. The van der Waals surface area contributed by atoms with Crippen LogP contribution in [0.1, 0.15) is 40.0 Å². The highest BCUT2D eigenvalue weighted by Gasteiger charge is 2.47. The zero-order chi connectivity index (χ0) is 13.2. The molecular formula is C14H28N2O2. The van der Waals surface area contributed by atoms with Gasteiger partial charge in [0.2, 0.25) is 0 Å². The minimum Gasteiger partial charge on any atom is -0.378 e. The Morgan fingerprint density at radius 3 is 2.72 bits per heavy atom. The second kappa shape index (κ2) is 5.45. The lowest BCUT2D eigenvalue weighted by molar-refractivity contribution is -0.146. The highest BCUT2D eigenvalue weighted by molar-refractivity contribution is 5.02. The van der Waals surface area contributed by atoms with Crippen LogP contribution in [0.3, 0.4) is 0 Å². The van der Waals surface area contributed by atoms with Crippen molar-refractivity contribution >= 4 is 0 Å². The molecule has 2 rings (SSSR count). The third kappa shape index (κ3) is 2.57. The van der Waals surface area contributed by atoms with E-state index >= 15 is 0 Å². The molecule has 0 saturated carbocycles. The summed E-state index contributed by atoms with van der Waals surface area (Å²) in [5.74, 6) is 0. The standard InChI is InChI=1S/C14H28N2O2/c1-4-12-9-14(10-15,5-7-18-12)16-6-8-17-11-13(16,2)3/h12H,4-11,15H2,1-3H3. The van der Waals surface area contributed by atoms with Gasteiger partial charge in [-0.2, -0.15) is 0 Å². The first kappa shape index (κ1) is 14.3. The van der Waals surface area contributed by atoms with Crippen LogP contribution in [-0.2, 0) is 9.47 Å². The molecule has 2 fully saturated rings. The number of hydrogen-bond acceptors (Lipinski definition) is 4. The van der Waals surface area contributed by atoms with Gasteiger partial charge in [0, 0.05) is 30.8 Å². The van der Waals surface area contributed by atoms with E-state index in [-0.39, 0.29) is 11.1 Å². The fourth-order valence-corrected chi connectivity index (χ4v) is 3.54. The quantitative estimate of drug-likeness (QED) is 0.829. The predicted molar refractivity (Wildman–Crippen MR) is 72.7 cm³/mol. The number of hydrogen-bond donors (Lipinski definition) is 1. The molecule has 0 spiro atoms. The summed E-state index contributed by atoms with van der Waals surface area (Å²) in [7, 11) is 0. The van der Waals surface area contributed by atoms with Crippen molar-refractivity contribution in [3.63, 3.8) is 0 Å². The van der Waals surface area contributed by atoms with Crippen molar-refractivity contribution in [1.82, 2.24) is 4.90 Å². The maximum atomic E-state index is 6.17. The van der Waals surface area contributed by atoms with Crippen LogP contribution in [0.2, 0.25) is 0 Å². The summed E-state index contributed by atoms with van der Waals surface area (Å²) in [4.78, 5) is 2.59. The average molecular weight is 256 g/mol. The van der Waals surface area contributed by atoms with Crippen LogP contribution in [0.4, 0.5) is 0 Å². The van der Waals surface area contributed by atoms with Crippen molar-refractivity contribution in [1.29, 1.82) is 0 Å². The van der Waals surface area contributed by atoms with Gasteiger partial charge in [-0.1, -0.05) is 6.92 Å². The van der Waals surface area contributed by atoms with Gasteiger partial charge in [-0.3, -0.25) is 4.90 Å². The van der Waals surface area contributed by atoms with Gasteiger partial charge < -0.3 is 15.2 Å². The Bertz CT molecular complexity index is 283. The van der Waals surface area contributed by atoms with E-state index in [1.807, 2.05) is 0 Å². The van der Waals surface area contributed by atoms with E-state index in [4.69, 9.17) is 15.2 Å². The molecule has 2 heterocycles. The fraction of sp³-hybridized carbons (Fsp3) is 1.00. The maximum absolute atomic E-state index is 6.17. The van der Waals surface area contributed by atoms with Gasteiger partial charge >= 0.3 is 0 Å². The van der Waals surface area contributed by atoms with Crippen molar-refractivity contribution < 1.29 is 9.47 Å². The molecule has 0 radical (unpaired) electrons. The van der Waals surface area contributed by atoms with E-state index in [1.54, 1.807) is 0 Å². The Labute approximate surface area is 111 Å². The van der Waals surface area contributed by atoms with Crippen LogP contribution < -0.4 is 5.73 Å². The van der Waals surface area contributed by atoms with Gasteiger partial charge in [0.15, 0.2) is 0 Å². The average Bonchev–Trinajstić information content (AvgIpc) is 2.38. The van der Waals surface area contributed by atoms with Gasteiger partial charge in [-0.25, -0.2) is 0 Å². The zero-order valence-corrected chi connectivity index (χ0v) is 12.1. The molecule has 18 heavy (non-hydrogen) atoms. The third-order valence-corrected chi connectivity index (χ3v) is 4.58. The number of nitrogens with zero attached hydrogens (tertiary/aromatic N) is 1. The highest BCUT2D eigenvalue weighted by atomic mass is 16.5. The van der Waals surface area contributed by atoms with Crippen molar-refractivity contribution in [2.45, 2.75) is 57.2 Å². The minimum absolute atomic E-state index is 0.0766. The summed E-state index contributed by atoms with van der Waals surface area (Å²) in [6, 6.07) is 0. The Balaban J connectivity index is 2.19. The summed E-state index contributed by atoms with van der Waals surface area (Å²) in [6.07, 6.45) is 3.54. The van der Waals surface area contributed by atoms with Gasteiger partial charge in [-0.05, 0) is 33.1 Å². The van der Waals surface area contributed by atoms with Gasteiger partial charge in [-0.15, -0.1) is 0 Å². The molecule has 4 heteroatoms. The van der Waals surface area contributed by atoms with Gasteiger partial charge in [0.1, 0.15) is 0 Å². The largest absolute Gasteiger partial charge is 0.378 e. The molecule has 0 aromatic rings. The van der Waals surface area contributed by atoms with Crippen LogP contribution in [0.5, 0.6) is 0 Å². The monoisotopic (exact) mass is 256 g/mol. The molecule has 2 saturated heterocycles. The first-order valence-electron chi connectivity index (χ1n) is 7.21. The topological polar surface area (TPSA) is 47.7 Å². The Hall–Kier alpha value is -0.160. The van der Waals surface area contributed by atoms with Crippen LogP contribution in [-0.4, -0.2) is 55.0 Å². The van der Waals surface area contributed by atoms with Crippen molar-refractivity contribution in [2.75, 3.05) is 32.9 Å². The lowest BCUT2D eigenvalue weighted by Crippen LogP contribution is -2.68. The maximum Gasteiger partial charge on any atom is 0.0645 e. The lowest BCUT2D eigenvalue weighted by atomic mass is 9.80. The van der Waals surface area contributed by atoms with Crippen molar-refractivity contribution in [3.8, 4) is 0 Å². The van der Waals surface area contributed by atoms with E-state index in [2.05, 4.69) is 25.7 Å². The van der Waals surface area contributed by atoms with E-state index < -0.39 is 0 Å². The molecular weight excluding hydrogens is 228 g/mol. The summed E-state index contributed by atoms with van der Waals surface area (Å²) in [6.45, 7) is 10.9. The number of morpholine rings is 1. The Morgan fingerprint density at radius 1 is 1.33 bits per heavy atom. The zero-order valence-electron chi connectivity index (χ0n) is 12.1. The number of rotatable bonds is 3. The molecule has 2 N–H and O–H groups in total. The van der Waals surface area contributed by atoms with E-state index in [1.165, 1.54) is 0 Å². The van der Waals surface area contributed by atoms with Crippen molar-refractivity contribution in [3.05, 3.63) is 0 Å². The molecule has 2 aliphatic rings. The predicted octanol–water partition coefficient (Wildman–Crippen LogP) is 1.38. The molecule has 106 valence electrons. The van der Waals surface area contributed by atoms with Crippen LogP contribution in [0, 0.1) is 0 Å². The molecule has 0 bridgehead atoms. The molecule has 4 nitrogen and oxygen atoms in total. The smallest absolute Gasteiger partial charge is 0.0645 e. The summed E-state index contributed by atoms with van der Waals surface area (Å²) in [5, 5.41) is 0. The van der Waals surface area contributed by atoms with E-state index in [0.717, 1.165) is 52.2 Å². The minimum atomic E-state index is 0.0766. The fourth-order valence-electron chi connectivity index (χ4n) is 3.54. The first-order chi connectivity index (χ1) is 8.54. The SMILES string of the molecule is CCC1CC(CN)(N2CCOCC2(C)C)CCO1. The van der Waals surface area contributed by atoms with Gasteiger partial charge in [0.25, 0.3) is 0 Å². The molecule has 0 aliphatic carbocycles. The molecule has 2 unspecified atom stereocenters. The number of nitrogens with two attached hydrogens (primary N) is 1. The summed E-state index contributed by atoms with van der Waals surface area (Å²) in [5.41, 5.74) is 6.35. The van der Waals surface area contributed by atoms with Crippen LogP contribution in [0.15, 0.2) is 0 Å². The summed E-state index contributed by atoms with van der Waals surface area (Å²) < 4.78 is 11.5. The highest BCUT2D eigenvalue weighted by Crippen LogP contribution is 2.37. The Morgan fingerprint density at radius 2 is 2.11 bits per heavy atom. The van der Waals surface area contributed by atoms with E-state index in [0.29, 0.717) is 6.10 Å². The van der Waals surface area contributed by atoms with Gasteiger partial charge in [0.05, 0.1) is 19.3 Å². The lowest BCUT2D eigenvalue weighted by Gasteiger charge is -2.56. The molecule has 2 aliphatic heterocycles. The normalized spacial score (nSPS) is 37.7.